The molecule has 1 aliphatic carbocycles. The lowest BCUT2D eigenvalue weighted by atomic mass is 9.91. The van der Waals surface area contributed by atoms with Gasteiger partial charge in [0.05, 0.1) is 17.4 Å². The molecule has 3 aromatic heterocycles. The largest absolute Gasteiger partial charge is 0.341 e. The molecular weight excluding hydrogens is 502 g/mol. The highest BCUT2D eigenvalue weighted by Gasteiger charge is 2.28. The van der Waals surface area contributed by atoms with Crippen molar-refractivity contribution < 1.29 is 9.32 Å². The van der Waals surface area contributed by atoms with Gasteiger partial charge in [0.25, 0.3) is 0 Å². The number of rotatable bonds is 4. The number of carbonyl (C=O) groups excluding carboxylic acids is 1. The molecule has 0 spiro atoms. The summed E-state index contributed by atoms with van der Waals surface area (Å²) in [4.78, 5) is 26.9. The van der Waals surface area contributed by atoms with E-state index in [-0.39, 0.29) is 23.3 Å². The van der Waals surface area contributed by atoms with Crippen LogP contribution in [-0.2, 0) is 25.3 Å². The average molecular weight is 538 g/mol. The van der Waals surface area contributed by atoms with E-state index in [1.165, 1.54) is 5.56 Å². The summed E-state index contributed by atoms with van der Waals surface area (Å²) in [6, 6.07) is 8.56. The highest BCUT2D eigenvalue weighted by molar-refractivity contribution is 6.08. The van der Waals surface area contributed by atoms with E-state index in [0.29, 0.717) is 5.82 Å². The first-order valence-corrected chi connectivity index (χ1v) is 13.9. The standard InChI is InChI=1S/C31H35N7O2/c1-17-26(18(2)38(6)36-17)25-16-23-21(13-14-32-27(23)33-25)20-11-12-22-19(15-20)9-7-8-10-24(22)34-28(39)29-35-30(37-40-29)31(3,4)5/h11-15,24H,7-10,16H2,1-6H3,(H,34,39). The molecule has 1 aliphatic heterocycles. The number of carbonyl (C=O) groups is 1. The summed E-state index contributed by atoms with van der Waals surface area (Å²) < 4.78 is 7.21. The Hall–Kier alpha value is -4.14. The van der Waals surface area contributed by atoms with Crippen LogP contribution < -0.4 is 5.32 Å². The molecule has 1 unspecified atom stereocenters. The van der Waals surface area contributed by atoms with Gasteiger partial charge in [-0.25, -0.2) is 9.98 Å². The Morgan fingerprint density at radius 3 is 2.70 bits per heavy atom. The van der Waals surface area contributed by atoms with Gasteiger partial charge in [-0.2, -0.15) is 10.1 Å². The lowest BCUT2D eigenvalue weighted by Crippen LogP contribution is -2.29. The number of aromatic nitrogens is 5. The number of hydrogen-bond donors (Lipinski definition) is 1. The molecule has 40 heavy (non-hydrogen) atoms. The van der Waals surface area contributed by atoms with Gasteiger partial charge in [-0.15, -0.1) is 0 Å². The second-order valence-electron chi connectivity index (χ2n) is 11.9. The fourth-order valence-corrected chi connectivity index (χ4v) is 5.83. The van der Waals surface area contributed by atoms with Crippen LogP contribution in [0.1, 0.15) is 96.2 Å². The van der Waals surface area contributed by atoms with Gasteiger partial charge in [-0.1, -0.05) is 50.5 Å². The monoisotopic (exact) mass is 537 g/mol. The second kappa shape index (κ2) is 9.80. The molecule has 206 valence electrons. The van der Waals surface area contributed by atoms with E-state index in [2.05, 4.69) is 56.7 Å². The maximum absolute atomic E-state index is 13.1. The zero-order valence-electron chi connectivity index (χ0n) is 24.0. The van der Waals surface area contributed by atoms with Crippen molar-refractivity contribution in [1.82, 2.24) is 30.2 Å². The third-order valence-electron chi connectivity index (χ3n) is 8.03. The Morgan fingerprint density at radius 2 is 1.98 bits per heavy atom. The van der Waals surface area contributed by atoms with E-state index in [4.69, 9.17) is 9.52 Å². The van der Waals surface area contributed by atoms with Crippen LogP contribution in [0.3, 0.4) is 0 Å². The van der Waals surface area contributed by atoms with Crippen LogP contribution in [0.4, 0.5) is 5.82 Å². The van der Waals surface area contributed by atoms with Crippen molar-refractivity contribution in [1.29, 1.82) is 0 Å². The minimum absolute atomic E-state index is 0.00887. The van der Waals surface area contributed by atoms with Crippen LogP contribution in [0.5, 0.6) is 0 Å². The number of benzene rings is 1. The maximum Gasteiger partial charge on any atom is 0.315 e. The molecular formula is C31H35N7O2. The summed E-state index contributed by atoms with van der Waals surface area (Å²) in [5.41, 5.74) is 9.78. The number of nitrogens with one attached hydrogen (secondary N) is 1. The van der Waals surface area contributed by atoms with Crippen LogP contribution in [0.25, 0.3) is 11.1 Å². The molecule has 0 saturated heterocycles. The van der Waals surface area contributed by atoms with Gasteiger partial charge in [0.1, 0.15) is 0 Å². The Morgan fingerprint density at radius 1 is 1.15 bits per heavy atom. The number of hydrogen-bond acceptors (Lipinski definition) is 7. The lowest BCUT2D eigenvalue weighted by Gasteiger charge is -2.19. The lowest BCUT2D eigenvalue weighted by molar-refractivity contribution is 0.0890. The first kappa shape index (κ1) is 26.1. The summed E-state index contributed by atoms with van der Waals surface area (Å²) in [5.74, 6) is 0.982. The highest BCUT2D eigenvalue weighted by atomic mass is 16.5. The second-order valence-corrected chi connectivity index (χ2v) is 11.9. The van der Waals surface area contributed by atoms with Crippen LogP contribution in [0.2, 0.25) is 0 Å². The minimum Gasteiger partial charge on any atom is -0.341 e. The molecule has 6 rings (SSSR count). The van der Waals surface area contributed by atoms with Crippen molar-refractivity contribution in [2.24, 2.45) is 12.0 Å². The van der Waals surface area contributed by atoms with E-state index in [1.807, 2.05) is 45.6 Å². The molecule has 0 fully saturated rings. The first-order valence-electron chi connectivity index (χ1n) is 13.9. The van der Waals surface area contributed by atoms with Gasteiger partial charge < -0.3 is 9.84 Å². The molecule has 0 radical (unpaired) electrons. The summed E-state index contributed by atoms with van der Waals surface area (Å²) in [6.07, 6.45) is 6.49. The normalized spacial score (nSPS) is 16.8. The van der Waals surface area contributed by atoms with Crippen LogP contribution in [0, 0.1) is 13.8 Å². The fraction of sp³-hybridized carbons (Fsp3) is 0.419. The van der Waals surface area contributed by atoms with Crippen LogP contribution in [-0.4, -0.2) is 36.5 Å². The van der Waals surface area contributed by atoms with Crippen molar-refractivity contribution in [3.8, 4) is 11.1 Å². The number of aryl methyl sites for hydroxylation is 3. The van der Waals surface area contributed by atoms with Gasteiger partial charge in [0, 0.05) is 41.9 Å². The third-order valence-corrected chi connectivity index (χ3v) is 8.03. The van der Waals surface area contributed by atoms with E-state index < -0.39 is 0 Å². The van der Waals surface area contributed by atoms with Crippen molar-refractivity contribution >= 4 is 17.4 Å². The van der Waals surface area contributed by atoms with E-state index >= 15 is 0 Å². The Bertz CT molecular complexity index is 1650. The molecule has 2 aliphatic rings. The average Bonchev–Trinajstić information content (AvgIpc) is 3.59. The molecule has 1 atom stereocenters. The summed E-state index contributed by atoms with van der Waals surface area (Å²) in [5, 5.41) is 11.8. The molecule has 1 aromatic carbocycles. The predicted molar refractivity (Wildman–Crippen MR) is 153 cm³/mol. The molecule has 9 nitrogen and oxygen atoms in total. The molecule has 1 N–H and O–H groups in total. The van der Waals surface area contributed by atoms with E-state index in [1.54, 1.807) is 0 Å². The number of nitrogens with zero attached hydrogens (tertiary/aromatic N) is 6. The van der Waals surface area contributed by atoms with Gasteiger partial charge >= 0.3 is 11.8 Å². The Balaban J connectivity index is 1.27. The number of amides is 1. The number of pyridine rings is 1. The molecule has 0 bridgehead atoms. The molecule has 9 heteroatoms. The number of aliphatic imine (C=N–C) groups is 1. The maximum atomic E-state index is 13.1. The fourth-order valence-electron chi connectivity index (χ4n) is 5.83. The quantitative estimate of drug-likeness (QED) is 0.337. The SMILES string of the molecule is Cc1nn(C)c(C)c1C1=Nc2nccc(-c3ccc4c(c3)CCCCC4NC(=O)c3nc(C(C)(C)C)no3)c2C1. The predicted octanol–water partition coefficient (Wildman–Crippen LogP) is 5.65. The van der Waals surface area contributed by atoms with Crippen LogP contribution in [0.15, 0.2) is 40.0 Å². The zero-order valence-corrected chi connectivity index (χ0v) is 24.0. The summed E-state index contributed by atoms with van der Waals surface area (Å²) in [6.45, 7) is 10.1. The van der Waals surface area contributed by atoms with E-state index in [9.17, 15) is 4.79 Å². The van der Waals surface area contributed by atoms with Crippen molar-refractivity contribution in [2.45, 2.75) is 78.2 Å². The van der Waals surface area contributed by atoms with Crippen LogP contribution >= 0.6 is 0 Å². The molecule has 4 aromatic rings. The molecule has 4 heterocycles. The Kier molecular flexibility index (Phi) is 6.40. The Labute approximate surface area is 234 Å². The third kappa shape index (κ3) is 4.63. The smallest absolute Gasteiger partial charge is 0.315 e. The highest BCUT2D eigenvalue weighted by Crippen LogP contribution is 2.38. The van der Waals surface area contributed by atoms with Crippen molar-refractivity contribution in [3.05, 3.63) is 75.8 Å². The van der Waals surface area contributed by atoms with E-state index in [0.717, 1.165) is 82.8 Å². The summed E-state index contributed by atoms with van der Waals surface area (Å²) in [7, 11) is 1.97. The minimum atomic E-state index is -0.331. The van der Waals surface area contributed by atoms with Crippen molar-refractivity contribution in [2.75, 3.05) is 0 Å². The topological polar surface area (TPSA) is 111 Å². The molecule has 0 saturated carbocycles. The van der Waals surface area contributed by atoms with Gasteiger partial charge in [0.15, 0.2) is 11.6 Å². The van der Waals surface area contributed by atoms with Gasteiger partial charge in [0.2, 0.25) is 0 Å². The summed E-state index contributed by atoms with van der Waals surface area (Å²) >= 11 is 0. The zero-order chi connectivity index (χ0) is 28.2. The number of fused-ring (bicyclic) bond motifs is 2. The van der Waals surface area contributed by atoms with Gasteiger partial charge in [-0.05, 0) is 61.4 Å². The van der Waals surface area contributed by atoms with Crippen molar-refractivity contribution in [3.63, 3.8) is 0 Å². The molecule has 1 amide bonds. The van der Waals surface area contributed by atoms with Gasteiger partial charge in [-0.3, -0.25) is 9.48 Å². The first-order chi connectivity index (χ1) is 19.1.